The molecule has 1 saturated heterocycles. The minimum atomic E-state index is -1.41. The van der Waals surface area contributed by atoms with Gasteiger partial charge in [0.15, 0.2) is 5.60 Å². The van der Waals surface area contributed by atoms with Gasteiger partial charge in [0.2, 0.25) is 0 Å². The van der Waals surface area contributed by atoms with Crippen LogP contribution < -0.4 is 0 Å². The lowest BCUT2D eigenvalue weighted by atomic mass is 9.74. The monoisotopic (exact) mass is 330 g/mol. The van der Waals surface area contributed by atoms with Gasteiger partial charge in [0.25, 0.3) is 0 Å². The number of hydrogen-bond acceptors (Lipinski definition) is 4. The number of piperidine rings is 1. The lowest BCUT2D eigenvalue weighted by molar-refractivity contribution is -0.160. The van der Waals surface area contributed by atoms with Crippen LogP contribution >= 0.6 is 0 Å². The molecule has 1 aromatic rings. The lowest BCUT2D eigenvalue weighted by Crippen LogP contribution is -2.62. The van der Waals surface area contributed by atoms with Crippen LogP contribution in [0.15, 0.2) is 30.3 Å². The minimum Gasteiger partial charge on any atom is -0.385 e. The molecule has 2 rings (SSSR count). The van der Waals surface area contributed by atoms with Gasteiger partial charge in [0.05, 0.1) is 6.54 Å². The third kappa shape index (κ3) is 3.99. The van der Waals surface area contributed by atoms with E-state index in [1.165, 1.54) is 0 Å². The average molecular weight is 330 g/mol. The maximum Gasteiger partial charge on any atom is 0.156 e. The summed E-state index contributed by atoms with van der Waals surface area (Å²) in [6, 6.07) is 10.1. The minimum absolute atomic E-state index is 0.0409. The van der Waals surface area contributed by atoms with E-state index in [1.807, 2.05) is 25.2 Å². The molecule has 0 bridgehead atoms. The fourth-order valence-corrected chi connectivity index (χ4v) is 3.36. The van der Waals surface area contributed by atoms with Crippen LogP contribution in [0.3, 0.4) is 0 Å². The van der Waals surface area contributed by atoms with E-state index in [9.17, 15) is 10.2 Å². The molecule has 0 amide bonds. The Kier molecular flexibility index (Phi) is 6.06. The van der Waals surface area contributed by atoms with Gasteiger partial charge in [-0.3, -0.25) is 9.80 Å². The highest BCUT2D eigenvalue weighted by molar-refractivity contribution is 5.29. The molecule has 1 aromatic carbocycles. The summed E-state index contributed by atoms with van der Waals surface area (Å²) in [4.78, 5) is 4.28. The molecule has 24 heavy (non-hydrogen) atoms. The highest BCUT2D eigenvalue weighted by Gasteiger charge is 2.51. The lowest BCUT2D eigenvalue weighted by Gasteiger charge is -2.49. The average Bonchev–Trinajstić information content (AvgIpc) is 2.56. The molecule has 3 atom stereocenters. The molecule has 132 valence electrons. The standard InChI is InChI=1S/C20H30N2O2/c1-5-22(6-2)14-10-13-20(24)15-18(17-11-8-7-9-12-17)21(4)16-19(20,3)23/h7-9,11-12,18,23-24H,5-6,14-16H2,1-4H3/t18-,19-,20-/m0/s1. The third-order valence-corrected chi connectivity index (χ3v) is 5.15. The first-order valence-corrected chi connectivity index (χ1v) is 8.75. The zero-order chi connectivity index (χ0) is 17.8. The van der Waals surface area contributed by atoms with Crippen LogP contribution in [-0.2, 0) is 0 Å². The number of rotatable bonds is 4. The normalized spacial score (nSPS) is 30.9. The van der Waals surface area contributed by atoms with Crippen molar-refractivity contribution in [2.45, 2.75) is 44.4 Å². The number of likely N-dealkylation sites (N-methyl/N-ethyl adjacent to an activating group) is 1. The Morgan fingerprint density at radius 3 is 2.42 bits per heavy atom. The van der Waals surface area contributed by atoms with Crippen molar-refractivity contribution in [3.8, 4) is 11.8 Å². The summed E-state index contributed by atoms with van der Waals surface area (Å²) in [6.45, 7) is 8.70. The van der Waals surface area contributed by atoms with Gasteiger partial charge < -0.3 is 10.2 Å². The molecule has 1 fully saturated rings. The summed E-state index contributed by atoms with van der Waals surface area (Å²) < 4.78 is 0. The second-order valence-electron chi connectivity index (χ2n) is 6.94. The SMILES string of the molecule is CCN(CC)CC#C[C@]1(O)C[C@@H](c2ccccc2)N(C)C[C@]1(C)O. The van der Waals surface area contributed by atoms with E-state index >= 15 is 0 Å². The van der Waals surface area contributed by atoms with Gasteiger partial charge in [-0.2, -0.15) is 0 Å². The van der Waals surface area contributed by atoms with E-state index in [2.05, 4.69) is 47.6 Å². The van der Waals surface area contributed by atoms with Crippen molar-refractivity contribution >= 4 is 0 Å². The van der Waals surface area contributed by atoms with Gasteiger partial charge >= 0.3 is 0 Å². The highest BCUT2D eigenvalue weighted by atomic mass is 16.4. The molecule has 4 heteroatoms. The first kappa shape index (κ1) is 19.0. The molecule has 0 radical (unpaired) electrons. The third-order valence-electron chi connectivity index (χ3n) is 5.15. The summed E-state index contributed by atoms with van der Waals surface area (Å²) in [5.41, 5.74) is -1.53. The van der Waals surface area contributed by atoms with Crippen LogP contribution in [0.2, 0.25) is 0 Å². The van der Waals surface area contributed by atoms with Crippen LogP contribution in [0.5, 0.6) is 0 Å². The summed E-state index contributed by atoms with van der Waals surface area (Å²) in [7, 11) is 1.98. The number of hydrogen-bond donors (Lipinski definition) is 2. The van der Waals surface area contributed by atoms with E-state index in [0.29, 0.717) is 19.5 Å². The quantitative estimate of drug-likeness (QED) is 0.828. The van der Waals surface area contributed by atoms with Crippen molar-refractivity contribution in [1.29, 1.82) is 0 Å². The van der Waals surface area contributed by atoms with E-state index in [0.717, 1.165) is 18.7 Å². The van der Waals surface area contributed by atoms with Crippen molar-refractivity contribution in [3.05, 3.63) is 35.9 Å². The van der Waals surface area contributed by atoms with Gasteiger partial charge in [0.1, 0.15) is 5.60 Å². The zero-order valence-electron chi connectivity index (χ0n) is 15.3. The molecular weight excluding hydrogens is 300 g/mol. The Morgan fingerprint density at radius 2 is 1.83 bits per heavy atom. The largest absolute Gasteiger partial charge is 0.385 e. The van der Waals surface area contributed by atoms with Gasteiger partial charge in [-0.05, 0) is 32.6 Å². The number of β-amino-alcohol motifs (C(OH)–C–C–N with tert-alkyl or cyclic N) is 1. The molecular formula is C20H30N2O2. The van der Waals surface area contributed by atoms with E-state index < -0.39 is 11.2 Å². The molecule has 1 aliphatic heterocycles. The van der Waals surface area contributed by atoms with Gasteiger partial charge in [-0.1, -0.05) is 56.0 Å². The summed E-state index contributed by atoms with van der Waals surface area (Å²) in [5.74, 6) is 6.08. The first-order valence-electron chi connectivity index (χ1n) is 8.75. The van der Waals surface area contributed by atoms with Gasteiger partial charge in [-0.25, -0.2) is 0 Å². The molecule has 2 N–H and O–H groups in total. The molecule has 4 nitrogen and oxygen atoms in total. The fourth-order valence-electron chi connectivity index (χ4n) is 3.36. The van der Waals surface area contributed by atoms with Crippen molar-refractivity contribution in [3.63, 3.8) is 0 Å². The first-order chi connectivity index (χ1) is 11.3. The van der Waals surface area contributed by atoms with E-state index in [1.54, 1.807) is 6.92 Å². The Morgan fingerprint density at radius 1 is 1.21 bits per heavy atom. The van der Waals surface area contributed by atoms with Crippen LogP contribution in [0.1, 0.15) is 38.8 Å². The summed E-state index contributed by atoms with van der Waals surface area (Å²) in [6.07, 6.45) is 0.395. The van der Waals surface area contributed by atoms with E-state index in [-0.39, 0.29) is 6.04 Å². The van der Waals surface area contributed by atoms with Crippen LogP contribution in [0, 0.1) is 11.8 Å². The fraction of sp³-hybridized carbons (Fsp3) is 0.600. The van der Waals surface area contributed by atoms with Crippen molar-refractivity contribution < 1.29 is 10.2 Å². The predicted molar refractivity (Wildman–Crippen MR) is 97.6 cm³/mol. The maximum absolute atomic E-state index is 11.1. The molecule has 0 aliphatic carbocycles. The van der Waals surface area contributed by atoms with E-state index in [4.69, 9.17) is 0 Å². The van der Waals surface area contributed by atoms with Crippen molar-refractivity contribution in [2.75, 3.05) is 33.2 Å². The Labute approximate surface area is 146 Å². The molecule has 1 heterocycles. The second-order valence-corrected chi connectivity index (χ2v) is 6.94. The second kappa shape index (κ2) is 7.67. The Hall–Kier alpha value is -1.38. The zero-order valence-corrected chi connectivity index (χ0v) is 15.3. The molecule has 0 unspecified atom stereocenters. The highest BCUT2D eigenvalue weighted by Crippen LogP contribution is 2.40. The van der Waals surface area contributed by atoms with Crippen LogP contribution in [-0.4, -0.2) is 64.4 Å². The Bertz CT molecular complexity index is 587. The molecule has 1 aliphatic rings. The van der Waals surface area contributed by atoms with Gasteiger partial charge in [-0.15, -0.1) is 0 Å². The van der Waals surface area contributed by atoms with Crippen LogP contribution in [0.4, 0.5) is 0 Å². The van der Waals surface area contributed by atoms with Crippen LogP contribution in [0.25, 0.3) is 0 Å². The summed E-state index contributed by atoms with van der Waals surface area (Å²) >= 11 is 0. The number of aliphatic hydroxyl groups is 2. The molecule has 0 spiro atoms. The number of nitrogens with zero attached hydrogens (tertiary/aromatic N) is 2. The summed E-state index contributed by atoms with van der Waals surface area (Å²) in [5, 5.41) is 21.9. The smallest absolute Gasteiger partial charge is 0.156 e. The molecule has 0 saturated carbocycles. The number of benzene rings is 1. The maximum atomic E-state index is 11.1. The predicted octanol–water partition coefficient (Wildman–Crippen LogP) is 1.89. The van der Waals surface area contributed by atoms with Gasteiger partial charge in [0, 0.05) is 19.0 Å². The number of likely N-dealkylation sites (tertiary alicyclic amines) is 1. The van der Waals surface area contributed by atoms with Crippen molar-refractivity contribution in [2.24, 2.45) is 0 Å². The Balaban J connectivity index is 2.24. The topological polar surface area (TPSA) is 46.9 Å². The van der Waals surface area contributed by atoms with Crippen molar-refractivity contribution in [1.82, 2.24) is 9.80 Å². The molecule has 0 aromatic heterocycles.